The van der Waals surface area contributed by atoms with Crippen molar-refractivity contribution in [1.29, 1.82) is 0 Å². The summed E-state index contributed by atoms with van der Waals surface area (Å²) in [5.74, 6) is 0.994. The third-order valence-electron chi connectivity index (χ3n) is 3.79. The minimum Gasteiger partial charge on any atom is -0.461 e. The number of rotatable bonds is 6. The molecule has 124 valence electrons. The molecule has 1 heterocycles. The number of aryl methyl sites for hydroxylation is 1. The van der Waals surface area contributed by atoms with Crippen LogP contribution in [-0.4, -0.2) is 22.9 Å². The Morgan fingerprint density at radius 1 is 1.09 bits per heavy atom. The molecule has 0 saturated heterocycles. The lowest BCUT2D eigenvalue weighted by atomic mass is 10.1. The van der Waals surface area contributed by atoms with E-state index in [-0.39, 0.29) is 23.8 Å². The summed E-state index contributed by atoms with van der Waals surface area (Å²) < 4.78 is 19.5. The van der Waals surface area contributed by atoms with Crippen molar-refractivity contribution in [2.45, 2.75) is 52.6 Å². The quantitative estimate of drug-likeness (QED) is 0.776. The highest BCUT2D eigenvalue weighted by Crippen LogP contribution is 2.25. The SMILES string of the molecule is CC(C)N(C(=O)CCc1ccc(-c2ccccc2F)o1)C(C)C. The van der Waals surface area contributed by atoms with Crippen molar-refractivity contribution in [1.82, 2.24) is 4.90 Å². The van der Waals surface area contributed by atoms with Gasteiger partial charge < -0.3 is 9.32 Å². The molecule has 0 unspecified atom stereocenters. The van der Waals surface area contributed by atoms with Crippen LogP contribution < -0.4 is 0 Å². The molecule has 0 aliphatic rings. The van der Waals surface area contributed by atoms with Crippen molar-refractivity contribution in [2.24, 2.45) is 0 Å². The molecule has 0 fully saturated rings. The van der Waals surface area contributed by atoms with E-state index in [1.165, 1.54) is 6.07 Å². The average molecular weight is 317 g/mol. The first-order valence-corrected chi connectivity index (χ1v) is 8.05. The van der Waals surface area contributed by atoms with Crippen molar-refractivity contribution < 1.29 is 13.6 Å². The maximum Gasteiger partial charge on any atom is 0.223 e. The molecule has 0 bridgehead atoms. The zero-order valence-electron chi connectivity index (χ0n) is 14.2. The van der Waals surface area contributed by atoms with Gasteiger partial charge in [-0.05, 0) is 52.0 Å². The number of carbonyl (C=O) groups is 1. The van der Waals surface area contributed by atoms with Crippen LogP contribution >= 0.6 is 0 Å². The Morgan fingerprint density at radius 3 is 2.35 bits per heavy atom. The highest BCUT2D eigenvalue weighted by atomic mass is 19.1. The van der Waals surface area contributed by atoms with Gasteiger partial charge in [0, 0.05) is 24.9 Å². The third-order valence-corrected chi connectivity index (χ3v) is 3.79. The van der Waals surface area contributed by atoms with Crippen LogP contribution in [0.3, 0.4) is 0 Å². The van der Waals surface area contributed by atoms with Crippen LogP contribution in [0.1, 0.15) is 39.9 Å². The molecule has 23 heavy (non-hydrogen) atoms. The van der Waals surface area contributed by atoms with Crippen LogP contribution in [0, 0.1) is 5.82 Å². The maximum absolute atomic E-state index is 13.8. The summed E-state index contributed by atoms with van der Waals surface area (Å²) in [6, 6.07) is 10.4. The van der Waals surface area contributed by atoms with Gasteiger partial charge in [0.15, 0.2) is 0 Å². The predicted molar refractivity (Wildman–Crippen MR) is 89.5 cm³/mol. The Labute approximate surface area is 137 Å². The van der Waals surface area contributed by atoms with Gasteiger partial charge in [-0.1, -0.05) is 12.1 Å². The zero-order chi connectivity index (χ0) is 17.0. The molecule has 3 nitrogen and oxygen atoms in total. The molecule has 1 aromatic heterocycles. The molecule has 0 radical (unpaired) electrons. The van der Waals surface area contributed by atoms with E-state index in [1.807, 2.05) is 38.7 Å². The number of furan rings is 1. The van der Waals surface area contributed by atoms with Gasteiger partial charge in [-0.3, -0.25) is 4.79 Å². The molecule has 1 amide bonds. The highest BCUT2D eigenvalue weighted by Gasteiger charge is 2.20. The first-order chi connectivity index (χ1) is 10.9. The van der Waals surface area contributed by atoms with E-state index in [0.29, 0.717) is 29.9 Å². The van der Waals surface area contributed by atoms with Crippen LogP contribution in [0.4, 0.5) is 4.39 Å². The fraction of sp³-hybridized carbons (Fsp3) is 0.421. The van der Waals surface area contributed by atoms with E-state index in [0.717, 1.165) is 0 Å². The normalized spacial score (nSPS) is 11.3. The van der Waals surface area contributed by atoms with Gasteiger partial charge in [0.05, 0.1) is 5.56 Å². The Bertz CT molecular complexity index is 653. The summed E-state index contributed by atoms with van der Waals surface area (Å²) in [5.41, 5.74) is 0.441. The summed E-state index contributed by atoms with van der Waals surface area (Å²) in [6.45, 7) is 8.06. The monoisotopic (exact) mass is 317 g/mol. The number of hydrogen-bond donors (Lipinski definition) is 0. The zero-order valence-corrected chi connectivity index (χ0v) is 14.2. The van der Waals surface area contributed by atoms with E-state index < -0.39 is 0 Å². The molecule has 2 aromatic rings. The van der Waals surface area contributed by atoms with E-state index in [1.54, 1.807) is 24.3 Å². The summed E-state index contributed by atoms with van der Waals surface area (Å²) in [6.07, 6.45) is 0.907. The first kappa shape index (κ1) is 17.3. The molecule has 0 aliphatic heterocycles. The summed E-state index contributed by atoms with van der Waals surface area (Å²) in [7, 11) is 0. The number of amides is 1. The van der Waals surface area contributed by atoms with Crippen LogP contribution in [0.15, 0.2) is 40.8 Å². The molecular formula is C19H24FNO2. The van der Waals surface area contributed by atoms with Gasteiger partial charge >= 0.3 is 0 Å². The molecule has 4 heteroatoms. The molecule has 2 rings (SSSR count). The molecule has 0 spiro atoms. The second-order valence-corrected chi connectivity index (χ2v) is 6.23. The molecule has 0 aliphatic carbocycles. The Hall–Kier alpha value is -2.10. The topological polar surface area (TPSA) is 33.5 Å². The number of carbonyl (C=O) groups excluding carboxylic acids is 1. The Kier molecular flexibility index (Phi) is 5.59. The van der Waals surface area contributed by atoms with Gasteiger partial charge in [0.25, 0.3) is 0 Å². The second kappa shape index (κ2) is 7.44. The highest BCUT2D eigenvalue weighted by molar-refractivity contribution is 5.77. The van der Waals surface area contributed by atoms with Crippen LogP contribution in [0.5, 0.6) is 0 Å². The number of hydrogen-bond acceptors (Lipinski definition) is 2. The predicted octanol–water partition coefficient (Wildman–Crippen LogP) is 4.66. The maximum atomic E-state index is 13.8. The lowest BCUT2D eigenvalue weighted by Gasteiger charge is -2.30. The van der Waals surface area contributed by atoms with Gasteiger partial charge in [-0.15, -0.1) is 0 Å². The summed E-state index contributed by atoms with van der Waals surface area (Å²) in [4.78, 5) is 14.2. The standard InChI is InChI=1S/C19H24FNO2/c1-13(2)21(14(3)4)19(22)12-10-15-9-11-18(23-15)16-7-5-6-8-17(16)20/h5-9,11,13-14H,10,12H2,1-4H3. The van der Waals surface area contributed by atoms with Crippen molar-refractivity contribution in [3.05, 3.63) is 48.0 Å². The average Bonchev–Trinajstić information content (AvgIpc) is 2.93. The van der Waals surface area contributed by atoms with Crippen LogP contribution in [0.2, 0.25) is 0 Å². The van der Waals surface area contributed by atoms with Crippen molar-refractivity contribution >= 4 is 5.91 Å². The number of nitrogens with zero attached hydrogens (tertiary/aromatic N) is 1. The van der Waals surface area contributed by atoms with E-state index in [9.17, 15) is 9.18 Å². The molecular weight excluding hydrogens is 293 g/mol. The minimum atomic E-state index is -0.310. The van der Waals surface area contributed by atoms with Gasteiger partial charge in [0.2, 0.25) is 5.91 Å². The third kappa shape index (κ3) is 4.21. The lowest BCUT2D eigenvalue weighted by molar-refractivity contribution is -0.134. The first-order valence-electron chi connectivity index (χ1n) is 8.05. The summed E-state index contributed by atoms with van der Waals surface area (Å²) >= 11 is 0. The number of benzene rings is 1. The molecule has 0 N–H and O–H groups in total. The number of halogens is 1. The van der Waals surface area contributed by atoms with E-state index >= 15 is 0 Å². The van der Waals surface area contributed by atoms with Crippen molar-refractivity contribution in [2.75, 3.05) is 0 Å². The fourth-order valence-electron chi connectivity index (χ4n) is 2.85. The van der Waals surface area contributed by atoms with Crippen LogP contribution in [0.25, 0.3) is 11.3 Å². The molecule has 0 saturated carbocycles. The van der Waals surface area contributed by atoms with Gasteiger partial charge in [-0.2, -0.15) is 0 Å². The Morgan fingerprint density at radius 2 is 1.74 bits per heavy atom. The van der Waals surface area contributed by atoms with E-state index in [2.05, 4.69) is 0 Å². The fourth-order valence-corrected chi connectivity index (χ4v) is 2.85. The van der Waals surface area contributed by atoms with Gasteiger partial charge in [-0.25, -0.2) is 4.39 Å². The van der Waals surface area contributed by atoms with E-state index in [4.69, 9.17) is 4.42 Å². The minimum absolute atomic E-state index is 0.110. The largest absolute Gasteiger partial charge is 0.461 e. The van der Waals surface area contributed by atoms with Crippen LogP contribution in [-0.2, 0) is 11.2 Å². The van der Waals surface area contributed by atoms with Gasteiger partial charge in [0.1, 0.15) is 17.3 Å². The van der Waals surface area contributed by atoms with Crippen molar-refractivity contribution in [3.8, 4) is 11.3 Å². The molecule has 0 atom stereocenters. The smallest absolute Gasteiger partial charge is 0.223 e. The lowest BCUT2D eigenvalue weighted by Crippen LogP contribution is -2.42. The second-order valence-electron chi connectivity index (χ2n) is 6.23. The summed E-state index contributed by atoms with van der Waals surface area (Å²) in [5, 5.41) is 0. The Balaban J connectivity index is 2.03. The molecule has 1 aromatic carbocycles. The van der Waals surface area contributed by atoms with Crippen molar-refractivity contribution in [3.63, 3.8) is 0 Å².